The molecule has 0 saturated carbocycles. The van der Waals surface area contributed by atoms with Gasteiger partial charge < -0.3 is 9.84 Å². The van der Waals surface area contributed by atoms with Crippen molar-refractivity contribution in [1.82, 2.24) is 0 Å². The lowest BCUT2D eigenvalue weighted by atomic mass is 9.98. The molecular weight excluding hydrogens is 252 g/mol. The summed E-state index contributed by atoms with van der Waals surface area (Å²) in [5, 5.41) is 9.55. The van der Waals surface area contributed by atoms with Gasteiger partial charge >= 0.3 is 0 Å². The molecule has 2 rings (SSSR count). The summed E-state index contributed by atoms with van der Waals surface area (Å²) in [4.78, 5) is 12.4. The number of Topliss-reactive ketones (excluding diaryl/α,β-unsaturated/α-hetero) is 1. The summed E-state index contributed by atoms with van der Waals surface area (Å²) < 4.78 is 5.20. The third kappa shape index (κ3) is 3.18. The molecule has 0 spiro atoms. The van der Waals surface area contributed by atoms with Gasteiger partial charge in [0.05, 0.1) is 12.7 Å². The van der Waals surface area contributed by atoms with Crippen LogP contribution in [0.5, 0.6) is 11.5 Å². The molecule has 1 N–H and O–H groups in total. The van der Waals surface area contributed by atoms with Crippen molar-refractivity contribution in [1.29, 1.82) is 0 Å². The molecule has 0 fully saturated rings. The van der Waals surface area contributed by atoms with Crippen molar-refractivity contribution in [2.75, 3.05) is 7.11 Å². The summed E-state index contributed by atoms with van der Waals surface area (Å²) in [6.45, 7) is 1.80. The van der Waals surface area contributed by atoms with Crippen molar-refractivity contribution in [3.8, 4) is 11.5 Å². The number of carbonyl (C=O) groups is 1. The molecule has 0 saturated heterocycles. The van der Waals surface area contributed by atoms with Crippen molar-refractivity contribution in [2.24, 2.45) is 0 Å². The third-order valence-corrected chi connectivity index (χ3v) is 3.27. The number of ether oxygens (including phenoxy) is 1. The highest BCUT2D eigenvalue weighted by Gasteiger charge is 2.16. The van der Waals surface area contributed by atoms with E-state index in [1.54, 1.807) is 13.0 Å². The molecule has 2 aromatic rings. The summed E-state index contributed by atoms with van der Waals surface area (Å²) in [6, 6.07) is 13.0. The van der Waals surface area contributed by atoms with Crippen molar-refractivity contribution in [3.05, 3.63) is 59.2 Å². The molecule has 0 aromatic heterocycles. The number of ketones is 1. The highest BCUT2D eigenvalue weighted by Crippen LogP contribution is 2.29. The Labute approximate surface area is 118 Å². The molecule has 0 aliphatic heterocycles. The van der Waals surface area contributed by atoms with Crippen molar-refractivity contribution in [3.63, 3.8) is 0 Å². The molecule has 20 heavy (non-hydrogen) atoms. The molecular formula is C17H18O3. The highest BCUT2D eigenvalue weighted by molar-refractivity contribution is 6.00. The van der Waals surface area contributed by atoms with Gasteiger partial charge in [-0.05, 0) is 30.5 Å². The fraction of sp³-hybridized carbons (Fsp3) is 0.235. The number of hydrogen-bond donors (Lipinski definition) is 1. The summed E-state index contributed by atoms with van der Waals surface area (Å²) in [6.07, 6.45) is 1.12. The van der Waals surface area contributed by atoms with Gasteiger partial charge in [0.25, 0.3) is 0 Å². The van der Waals surface area contributed by atoms with Gasteiger partial charge in [-0.25, -0.2) is 0 Å². The highest BCUT2D eigenvalue weighted by atomic mass is 16.5. The maximum Gasteiger partial charge on any atom is 0.167 e. The van der Waals surface area contributed by atoms with E-state index < -0.39 is 0 Å². The van der Waals surface area contributed by atoms with Crippen LogP contribution in [-0.2, 0) is 6.42 Å². The molecule has 3 heteroatoms. The van der Waals surface area contributed by atoms with Gasteiger partial charge in [0.2, 0.25) is 0 Å². The minimum Gasteiger partial charge on any atom is -0.508 e. The van der Waals surface area contributed by atoms with E-state index in [9.17, 15) is 9.90 Å². The Morgan fingerprint density at radius 1 is 1.20 bits per heavy atom. The Balaban J connectivity index is 2.17. The number of phenolic OH excluding ortho intramolecular Hbond substituents is 1. The molecule has 0 bridgehead atoms. The standard InChI is InChI=1S/C17H18O3/c1-12-10-14(18)11-16(20-2)17(12)15(19)9-8-13-6-4-3-5-7-13/h3-7,10-11,18H,8-9H2,1-2H3. The average molecular weight is 270 g/mol. The Morgan fingerprint density at radius 3 is 2.55 bits per heavy atom. The van der Waals surface area contributed by atoms with Crippen LogP contribution >= 0.6 is 0 Å². The first-order valence-electron chi connectivity index (χ1n) is 6.56. The number of benzene rings is 2. The summed E-state index contributed by atoms with van der Waals surface area (Å²) in [7, 11) is 1.50. The Bertz CT molecular complexity index is 603. The van der Waals surface area contributed by atoms with E-state index in [4.69, 9.17) is 4.74 Å². The van der Waals surface area contributed by atoms with E-state index in [0.29, 0.717) is 24.2 Å². The SMILES string of the molecule is COc1cc(O)cc(C)c1C(=O)CCc1ccccc1. The number of phenols is 1. The zero-order valence-electron chi connectivity index (χ0n) is 11.7. The molecule has 3 nitrogen and oxygen atoms in total. The van der Waals surface area contributed by atoms with E-state index in [1.807, 2.05) is 30.3 Å². The Hall–Kier alpha value is -2.29. The largest absolute Gasteiger partial charge is 0.508 e. The van der Waals surface area contributed by atoms with Crippen molar-refractivity contribution < 1.29 is 14.6 Å². The lowest BCUT2D eigenvalue weighted by molar-refractivity contribution is 0.0979. The summed E-state index contributed by atoms with van der Waals surface area (Å²) in [5.41, 5.74) is 2.43. The minimum atomic E-state index is 0.0307. The Morgan fingerprint density at radius 2 is 1.90 bits per heavy atom. The van der Waals surface area contributed by atoms with Crippen LogP contribution in [0, 0.1) is 6.92 Å². The molecule has 0 radical (unpaired) electrons. The van der Waals surface area contributed by atoms with Crippen molar-refractivity contribution in [2.45, 2.75) is 19.8 Å². The number of carbonyl (C=O) groups excluding carboxylic acids is 1. The van der Waals surface area contributed by atoms with E-state index in [-0.39, 0.29) is 11.5 Å². The predicted molar refractivity (Wildman–Crippen MR) is 78.5 cm³/mol. The van der Waals surface area contributed by atoms with Crippen LogP contribution in [0.2, 0.25) is 0 Å². The number of aryl methyl sites for hydroxylation is 2. The van der Waals surface area contributed by atoms with Crippen LogP contribution in [-0.4, -0.2) is 18.0 Å². The van der Waals surface area contributed by atoms with E-state index in [0.717, 1.165) is 11.1 Å². The first kappa shape index (κ1) is 14.1. The number of aromatic hydroxyl groups is 1. The first-order chi connectivity index (χ1) is 9.61. The Kier molecular flexibility index (Phi) is 4.41. The second-order valence-electron chi connectivity index (χ2n) is 4.75. The van der Waals surface area contributed by atoms with Crippen LogP contribution < -0.4 is 4.74 Å². The van der Waals surface area contributed by atoms with Gasteiger partial charge in [0.15, 0.2) is 5.78 Å². The third-order valence-electron chi connectivity index (χ3n) is 3.27. The fourth-order valence-corrected chi connectivity index (χ4v) is 2.28. The van der Waals surface area contributed by atoms with Crippen LogP contribution in [0.4, 0.5) is 0 Å². The van der Waals surface area contributed by atoms with E-state index in [2.05, 4.69) is 0 Å². The van der Waals surface area contributed by atoms with E-state index in [1.165, 1.54) is 13.2 Å². The summed E-state index contributed by atoms with van der Waals surface area (Å²) in [5.74, 6) is 0.572. The normalized spacial score (nSPS) is 10.3. The fourth-order valence-electron chi connectivity index (χ4n) is 2.28. The number of rotatable bonds is 5. The van der Waals surface area contributed by atoms with Gasteiger partial charge in [-0.2, -0.15) is 0 Å². The van der Waals surface area contributed by atoms with Crippen LogP contribution in [0.1, 0.15) is 27.9 Å². The molecule has 2 aromatic carbocycles. The van der Waals surface area contributed by atoms with Crippen LogP contribution in [0.25, 0.3) is 0 Å². The second-order valence-corrected chi connectivity index (χ2v) is 4.75. The molecule has 0 aliphatic rings. The lowest BCUT2D eigenvalue weighted by Crippen LogP contribution is -2.06. The first-order valence-corrected chi connectivity index (χ1v) is 6.56. The maximum atomic E-state index is 12.4. The van der Waals surface area contributed by atoms with Crippen LogP contribution in [0.3, 0.4) is 0 Å². The maximum absolute atomic E-state index is 12.4. The van der Waals surface area contributed by atoms with E-state index >= 15 is 0 Å². The average Bonchev–Trinajstić information content (AvgIpc) is 2.45. The molecule has 0 heterocycles. The molecule has 104 valence electrons. The zero-order valence-corrected chi connectivity index (χ0v) is 11.7. The molecule has 0 atom stereocenters. The monoisotopic (exact) mass is 270 g/mol. The zero-order chi connectivity index (χ0) is 14.5. The molecule has 0 aliphatic carbocycles. The topological polar surface area (TPSA) is 46.5 Å². The van der Waals surface area contributed by atoms with Gasteiger partial charge in [-0.3, -0.25) is 4.79 Å². The smallest absolute Gasteiger partial charge is 0.167 e. The summed E-state index contributed by atoms with van der Waals surface area (Å²) >= 11 is 0. The van der Waals surface area contributed by atoms with Crippen molar-refractivity contribution >= 4 is 5.78 Å². The number of hydrogen-bond acceptors (Lipinski definition) is 3. The molecule has 0 amide bonds. The lowest BCUT2D eigenvalue weighted by Gasteiger charge is -2.11. The van der Waals surface area contributed by atoms with Gasteiger partial charge in [-0.15, -0.1) is 0 Å². The molecule has 0 unspecified atom stereocenters. The van der Waals surface area contributed by atoms with Gasteiger partial charge in [0.1, 0.15) is 11.5 Å². The predicted octanol–water partition coefficient (Wildman–Crippen LogP) is 3.52. The van der Waals surface area contributed by atoms with Crippen LogP contribution in [0.15, 0.2) is 42.5 Å². The number of methoxy groups -OCH3 is 1. The van der Waals surface area contributed by atoms with Gasteiger partial charge in [0, 0.05) is 12.5 Å². The van der Waals surface area contributed by atoms with Gasteiger partial charge in [-0.1, -0.05) is 30.3 Å². The minimum absolute atomic E-state index is 0.0307. The quantitative estimate of drug-likeness (QED) is 0.845. The second kappa shape index (κ2) is 6.24.